The first kappa shape index (κ1) is 28.9. The summed E-state index contributed by atoms with van der Waals surface area (Å²) in [6.45, 7) is 0. The summed E-state index contributed by atoms with van der Waals surface area (Å²) in [5, 5.41) is 8.50. The summed E-state index contributed by atoms with van der Waals surface area (Å²) in [6.07, 6.45) is 8.84. The van der Waals surface area contributed by atoms with Crippen molar-refractivity contribution in [1.82, 2.24) is 20.3 Å². The van der Waals surface area contributed by atoms with E-state index in [0.717, 1.165) is 16.7 Å². The van der Waals surface area contributed by atoms with Gasteiger partial charge in [-0.2, -0.15) is 0 Å². The van der Waals surface area contributed by atoms with Gasteiger partial charge < -0.3 is 5.32 Å². The van der Waals surface area contributed by atoms with Crippen molar-refractivity contribution in [2.24, 2.45) is 4.99 Å². The molecule has 1 aliphatic heterocycles. The van der Waals surface area contributed by atoms with Gasteiger partial charge in [-0.15, -0.1) is 22.7 Å². The van der Waals surface area contributed by atoms with Crippen molar-refractivity contribution in [2.45, 2.75) is 6.04 Å². The van der Waals surface area contributed by atoms with E-state index in [-0.39, 0.29) is 6.04 Å². The summed E-state index contributed by atoms with van der Waals surface area (Å²) >= 11 is 3.69. The van der Waals surface area contributed by atoms with Gasteiger partial charge in [0.25, 0.3) is 0 Å². The van der Waals surface area contributed by atoms with E-state index in [9.17, 15) is 0 Å². The van der Waals surface area contributed by atoms with Gasteiger partial charge in [0.2, 0.25) is 0 Å². The number of nitrogens with zero attached hydrogens (tertiary/aromatic N) is 4. The molecule has 4 heterocycles. The predicted octanol–water partition coefficient (Wildman–Crippen LogP) is 11.5. The molecule has 0 radical (unpaired) electrons. The second kappa shape index (κ2) is 11.8. The Morgan fingerprint density at radius 2 is 1.00 bits per heavy atom. The normalized spacial score (nSPS) is 14.2. The molecule has 0 spiro atoms. The molecule has 0 aliphatic carbocycles. The van der Waals surface area contributed by atoms with Gasteiger partial charge in [0.15, 0.2) is 5.82 Å². The molecule has 7 heteroatoms. The number of fused-ring (bicyclic) bond motifs is 6. The maximum Gasteiger partial charge on any atom is 0.163 e. The van der Waals surface area contributed by atoms with E-state index in [0.29, 0.717) is 5.82 Å². The Morgan fingerprint density at radius 1 is 0.500 bits per heavy atom. The minimum absolute atomic E-state index is 0.0922. The molecular formula is C43H27N5S2. The third-order valence-electron chi connectivity index (χ3n) is 9.54. The Labute approximate surface area is 296 Å². The second-order valence-corrected chi connectivity index (χ2v) is 14.6. The summed E-state index contributed by atoms with van der Waals surface area (Å²) in [5.41, 5.74) is 9.36. The molecule has 50 heavy (non-hydrogen) atoms. The molecular weight excluding hydrogens is 651 g/mol. The average Bonchev–Trinajstić information content (AvgIpc) is 3.75. The molecule has 236 valence electrons. The lowest BCUT2D eigenvalue weighted by molar-refractivity contribution is 0.792. The minimum Gasteiger partial charge on any atom is -0.366 e. The largest absolute Gasteiger partial charge is 0.366 e. The molecule has 10 rings (SSSR count). The van der Waals surface area contributed by atoms with Gasteiger partial charge in [0, 0.05) is 52.1 Å². The molecule has 3 aromatic heterocycles. The quantitative estimate of drug-likeness (QED) is 0.197. The van der Waals surface area contributed by atoms with Crippen LogP contribution in [0.4, 0.5) is 0 Å². The van der Waals surface area contributed by atoms with Crippen LogP contribution in [-0.2, 0) is 0 Å². The van der Waals surface area contributed by atoms with Crippen LogP contribution in [-0.4, -0.2) is 21.3 Å². The van der Waals surface area contributed by atoms with Crippen molar-refractivity contribution >= 4 is 69.4 Å². The number of thiophene rings is 2. The highest BCUT2D eigenvalue weighted by molar-refractivity contribution is 7.26. The fraction of sp³-hybridized carbons (Fsp3) is 0.0233. The van der Waals surface area contributed by atoms with Crippen LogP contribution in [0.1, 0.15) is 11.6 Å². The Bertz CT molecular complexity index is 2810. The number of hydrogen-bond acceptors (Lipinski definition) is 7. The van der Waals surface area contributed by atoms with Crippen LogP contribution in [0.25, 0.3) is 85.1 Å². The first-order valence-electron chi connectivity index (χ1n) is 16.5. The zero-order chi connectivity index (χ0) is 33.0. The number of aliphatic imine (C=N–C) groups is 1. The lowest BCUT2D eigenvalue weighted by Crippen LogP contribution is -2.20. The van der Waals surface area contributed by atoms with Crippen LogP contribution in [0.3, 0.4) is 0 Å². The van der Waals surface area contributed by atoms with Gasteiger partial charge in [0.05, 0.1) is 12.4 Å². The molecule has 1 atom stereocenters. The zero-order valence-corrected chi connectivity index (χ0v) is 28.2. The molecule has 0 saturated carbocycles. The number of aromatic nitrogens is 3. The van der Waals surface area contributed by atoms with E-state index in [4.69, 9.17) is 0 Å². The van der Waals surface area contributed by atoms with Crippen molar-refractivity contribution in [3.05, 3.63) is 152 Å². The van der Waals surface area contributed by atoms with Crippen molar-refractivity contribution in [3.8, 4) is 44.8 Å². The SMILES string of the molecule is C1=CC(c2ccccc2-c2ccc3sc4ccc(-c5ccc6sc7ccc(-c8ccccc8-c8ncncn8)cc7c6c5)cc4c3c2)NC=N1. The summed E-state index contributed by atoms with van der Waals surface area (Å²) in [6, 6.07) is 44.5. The first-order chi connectivity index (χ1) is 24.8. The summed E-state index contributed by atoms with van der Waals surface area (Å²) in [5.74, 6) is 0.675. The highest BCUT2D eigenvalue weighted by Gasteiger charge is 2.17. The van der Waals surface area contributed by atoms with Gasteiger partial charge in [-0.1, -0.05) is 72.8 Å². The maximum absolute atomic E-state index is 4.43. The molecule has 0 saturated heterocycles. The van der Waals surface area contributed by atoms with Gasteiger partial charge >= 0.3 is 0 Å². The van der Waals surface area contributed by atoms with Crippen LogP contribution in [0.2, 0.25) is 0 Å². The monoisotopic (exact) mass is 677 g/mol. The number of nitrogens with one attached hydrogen (secondary N) is 1. The minimum atomic E-state index is 0.0922. The van der Waals surface area contributed by atoms with Crippen LogP contribution < -0.4 is 5.32 Å². The first-order valence-corrected chi connectivity index (χ1v) is 18.1. The molecule has 0 fully saturated rings. The average molecular weight is 678 g/mol. The molecule has 1 unspecified atom stereocenters. The molecule has 9 aromatic rings. The molecule has 0 bridgehead atoms. The number of hydrogen-bond donors (Lipinski definition) is 1. The fourth-order valence-electron chi connectivity index (χ4n) is 7.14. The van der Waals surface area contributed by atoms with Crippen LogP contribution >= 0.6 is 22.7 Å². The van der Waals surface area contributed by atoms with Crippen molar-refractivity contribution in [2.75, 3.05) is 0 Å². The van der Waals surface area contributed by atoms with E-state index < -0.39 is 0 Å². The lowest BCUT2D eigenvalue weighted by atomic mass is 9.93. The zero-order valence-electron chi connectivity index (χ0n) is 26.6. The summed E-state index contributed by atoms with van der Waals surface area (Å²) in [4.78, 5) is 17.1. The molecule has 5 nitrogen and oxygen atoms in total. The lowest BCUT2D eigenvalue weighted by Gasteiger charge is -2.19. The van der Waals surface area contributed by atoms with Crippen LogP contribution in [0.5, 0.6) is 0 Å². The Hall–Kier alpha value is -6.02. The Kier molecular flexibility index (Phi) is 6.85. The maximum atomic E-state index is 4.43. The van der Waals surface area contributed by atoms with E-state index in [1.165, 1.54) is 68.2 Å². The summed E-state index contributed by atoms with van der Waals surface area (Å²) in [7, 11) is 0. The fourth-order valence-corrected chi connectivity index (χ4v) is 9.27. The van der Waals surface area contributed by atoms with E-state index in [1.54, 1.807) is 19.0 Å². The summed E-state index contributed by atoms with van der Waals surface area (Å²) < 4.78 is 5.15. The smallest absolute Gasteiger partial charge is 0.163 e. The van der Waals surface area contributed by atoms with Crippen molar-refractivity contribution in [3.63, 3.8) is 0 Å². The van der Waals surface area contributed by atoms with Gasteiger partial charge in [-0.05, 0) is 93.6 Å². The van der Waals surface area contributed by atoms with Crippen molar-refractivity contribution < 1.29 is 0 Å². The highest BCUT2D eigenvalue weighted by Crippen LogP contribution is 2.42. The van der Waals surface area contributed by atoms with E-state index >= 15 is 0 Å². The highest BCUT2D eigenvalue weighted by atomic mass is 32.1. The van der Waals surface area contributed by atoms with Gasteiger partial charge in [0.1, 0.15) is 12.7 Å². The van der Waals surface area contributed by atoms with Gasteiger partial charge in [-0.3, -0.25) is 0 Å². The van der Waals surface area contributed by atoms with Crippen LogP contribution in [0.15, 0.2) is 151 Å². The number of benzene rings is 6. The molecule has 6 aromatic carbocycles. The standard InChI is InChI=1S/C43H27N5S2/c1-3-7-32(38-17-18-44-23-46-38)30(5-1)28-11-15-41-36(21-28)34-19-26(9-13-39(34)49-41)27-10-14-40-35(20-27)37-22-29(12-16-42(37)50-40)31-6-2-4-8-33(31)43-47-24-45-25-48-43/h1-25,38H,(H,44,46). The Balaban J connectivity index is 1.07. The van der Waals surface area contributed by atoms with Crippen LogP contribution in [0, 0.1) is 0 Å². The topological polar surface area (TPSA) is 63.1 Å². The number of rotatable bonds is 5. The van der Waals surface area contributed by atoms with E-state index in [2.05, 4.69) is 147 Å². The molecule has 1 N–H and O–H groups in total. The molecule has 1 aliphatic rings. The van der Waals surface area contributed by atoms with Gasteiger partial charge in [-0.25, -0.2) is 19.9 Å². The third kappa shape index (κ3) is 4.90. The molecule has 0 amide bonds. The third-order valence-corrected chi connectivity index (χ3v) is 11.8. The second-order valence-electron chi connectivity index (χ2n) is 12.4. The Morgan fingerprint density at radius 3 is 1.58 bits per heavy atom. The predicted molar refractivity (Wildman–Crippen MR) is 211 cm³/mol. The van der Waals surface area contributed by atoms with Crippen molar-refractivity contribution in [1.29, 1.82) is 0 Å². The van der Waals surface area contributed by atoms with E-state index in [1.807, 2.05) is 34.9 Å².